The Bertz CT molecular complexity index is 350. The minimum atomic E-state index is 0.213. The molecule has 0 aliphatic rings. The van der Waals surface area contributed by atoms with Crippen LogP contribution in [0.4, 0.5) is 0 Å². The Morgan fingerprint density at radius 1 is 1.06 bits per heavy atom. The first-order chi connectivity index (χ1) is 8.72. The zero-order valence-corrected chi connectivity index (χ0v) is 12.6. The molecule has 0 radical (unpaired) electrons. The Morgan fingerprint density at radius 3 is 2.06 bits per heavy atom. The molecule has 1 rings (SSSR count). The highest BCUT2D eigenvalue weighted by Crippen LogP contribution is 2.22. The number of rotatable bonds is 8. The van der Waals surface area contributed by atoms with Crippen molar-refractivity contribution in [2.75, 3.05) is 5.75 Å². The van der Waals surface area contributed by atoms with Crippen LogP contribution in [0.25, 0.3) is 0 Å². The van der Waals surface area contributed by atoms with Gasteiger partial charge in [-0.3, -0.25) is 4.79 Å². The van der Waals surface area contributed by atoms with Crippen LogP contribution in [0.2, 0.25) is 0 Å². The summed E-state index contributed by atoms with van der Waals surface area (Å²) in [5.41, 5.74) is 0.877. The lowest BCUT2D eigenvalue weighted by Gasteiger charge is -2.14. The van der Waals surface area contributed by atoms with Crippen LogP contribution in [-0.2, 0) is 0 Å². The molecule has 0 N–H and O–H groups in total. The minimum absolute atomic E-state index is 0.213. The second-order valence-electron chi connectivity index (χ2n) is 4.60. The van der Waals surface area contributed by atoms with E-state index in [0.29, 0.717) is 5.78 Å². The molecule has 1 aromatic rings. The molecule has 0 aliphatic heterocycles. The van der Waals surface area contributed by atoms with Gasteiger partial charge in [-0.2, -0.15) is 0 Å². The monoisotopic (exact) mass is 264 g/mol. The van der Waals surface area contributed by atoms with Crippen LogP contribution < -0.4 is 0 Å². The zero-order valence-electron chi connectivity index (χ0n) is 11.7. The van der Waals surface area contributed by atoms with Crippen molar-refractivity contribution in [3.05, 3.63) is 29.8 Å². The number of carbonyl (C=O) groups is 1. The predicted molar refractivity (Wildman–Crippen MR) is 80.5 cm³/mol. The molecule has 18 heavy (non-hydrogen) atoms. The van der Waals surface area contributed by atoms with Gasteiger partial charge in [-0.15, -0.1) is 11.8 Å². The van der Waals surface area contributed by atoms with Gasteiger partial charge in [0, 0.05) is 16.4 Å². The number of Topliss-reactive ketones (excluding diaryl/α,β-unsaturated/α-hetero) is 1. The van der Waals surface area contributed by atoms with Gasteiger partial charge in [-0.25, -0.2) is 0 Å². The number of hydrogen-bond donors (Lipinski definition) is 0. The smallest absolute Gasteiger partial charge is 0.165 e. The molecule has 0 atom stereocenters. The SMILES string of the molecule is CCCC(CCC)C(=O)c1ccc(SCC)cc1. The highest BCUT2D eigenvalue weighted by molar-refractivity contribution is 7.99. The molecule has 1 aromatic carbocycles. The molecule has 0 aliphatic carbocycles. The largest absolute Gasteiger partial charge is 0.294 e. The molecule has 0 heterocycles. The molecule has 0 bridgehead atoms. The summed E-state index contributed by atoms with van der Waals surface area (Å²) in [5.74, 6) is 1.61. The Morgan fingerprint density at radius 2 is 1.61 bits per heavy atom. The summed E-state index contributed by atoms with van der Waals surface area (Å²) in [4.78, 5) is 13.6. The van der Waals surface area contributed by atoms with Gasteiger partial charge in [0.2, 0.25) is 0 Å². The average molecular weight is 264 g/mol. The third-order valence-electron chi connectivity index (χ3n) is 3.09. The molecular weight excluding hydrogens is 240 g/mol. The highest BCUT2D eigenvalue weighted by Gasteiger charge is 2.18. The minimum Gasteiger partial charge on any atom is -0.294 e. The van der Waals surface area contributed by atoms with Gasteiger partial charge < -0.3 is 0 Å². The molecule has 2 heteroatoms. The third-order valence-corrected chi connectivity index (χ3v) is 3.99. The van der Waals surface area contributed by atoms with E-state index in [1.165, 1.54) is 4.90 Å². The van der Waals surface area contributed by atoms with Gasteiger partial charge in [-0.1, -0.05) is 45.7 Å². The van der Waals surface area contributed by atoms with Crippen molar-refractivity contribution in [1.29, 1.82) is 0 Å². The zero-order chi connectivity index (χ0) is 13.4. The van der Waals surface area contributed by atoms with Gasteiger partial charge in [0.25, 0.3) is 0 Å². The predicted octanol–water partition coefficient (Wildman–Crippen LogP) is 5.20. The standard InChI is InChI=1S/C16H24OS/c1-4-7-13(8-5-2)16(17)14-9-11-15(12-10-14)18-6-3/h9-13H,4-8H2,1-3H3. The topological polar surface area (TPSA) is 17.1 Å². The summed E-state index contributed by atoms with van der Waals surface area (Å²) in [7, 11) is 0. The Kier molecular flexibility index (Phi) is 7.11. The maximum atomic E-state index is 12.4. The van der Waals surface area contributed by atoms with Crippen molar-refractivity contribution in [2.45, 2.75) is 51.3 Å². The van der Waals surface area contributed by atoms with Crippen LogP contribution in [0, 0.1) is 5.92 Å². The van der Waals surface area contributed by atoms with E-state index < -0.39 is 0 Å². The molecule has 0 unspecified atom stereocenters. The fourth-order valence-corrected chi connectivity index (χ4v) is 2.88. The molecular formula is C16H24OS. The number of hydrogen-bond acceptors (Lipinski definition) is 2. The van der Waals surface area contributed by atoms with E-state index >= 15 is 0 Å². The number of ketones is 1. The first-order valence-electron chi connectivity index (χ1n) is 6.99. The lowest BCUT2D eigenvalue weighted by atomic mass is 9.90. The van der Waals surface area contributed by atoms with Gasteiger partial charge in [-0.05, 0) is 30.7 Å². The summed E-state index contributed by atoms with van der Waals surface area (Å²) in [6, 6.07) is 8.10. The van der Waals surface area contributed by atoms with E-state index in [9.17, 15) is 4.79 Å². The Labute approximate surface area is 115 Å². The van der Waals surface area contributed by atoms with Crippen LogP contribution >= 0.6 is 11.8 Å². The Hall–Kier alpha value is -0.760. The van der Waals surface area contributed by atoms with Gasteiger partial charge >= 0.3 is 0 Å². The van der Waals surface area contributed by atoms with E-state index in [1.54, 1.807) is 0 Å². The lowest BCUT2D eigenvalue weighted by Crippen LogP contribution is -2.14. The summed E-state index contributed by atoms with van der Waals surface area (Å²) in [6.07, 6.45) is 4.19. The Balaban J connectivity index is 2.74. The molecule has 0 aromatic heterocycles. The van der Waals surface area contributed by atoms with Crippen LogP contribution in [-0.4, -0.2) is 11.5 Å². The van der Waals surface area contributed by atoms with E-state index in [4.69, 9.17) is 0 Å². The van der Waals surface area contributed by atoms with Gasteiger partial charge in [0.05, 0.1) is 0 Å². The summed E-state index contributed by atoms with van der Waals surface area (Å²) in [6.45, 7) is 6.44. The molecule has 0 fully saturated rings. The fourth-order valence-electron chi connectivity index (χ4n) is 2.22. The van der Waals surface area contributed by atoms with Crippen LogP contribution in [0.3, 0.4) is 0 Å². The highest BCUT2D eigenvalue weighted by atomic mass is 32.2. The van der Waals surface area contributed by atoms with E-state index in [1.807, 2.05) is 23.9 Å². The molecule has 0 amide bonds. The van der Waals surface area contributed by atoms with E-state index in [-0.39, 0.29) is 5.92 Å². The van der Waals surface area contributed by atoms with Crippen molar-refractivity contribution in [3.63, 3.8) is 0 Å². The summed E-state index contributed by atoms with van der Waals surface area (Å²) < 4.78 is 0. The van der Waals surface area contributed by atoms with Crippen molar-refractivity contribution >= 4 is 17.5 Å². The first kappa shape index (κ1) is 15.3. The fraction of sp³-hybridized carbons (Fsp3) is 0.562. The lowest BCUT2D eigenvalue weighted by molar-refractivity contribution is 0.0905. The maximum absolute atomic E-state index is 12.4. The van der Waals surface area contributed by atoms with Gasteiger partial charge in [0.15, 0.2) is 5.78 Å². The van der Waals surface area contributed by atoms with Crippen molar-refractivity contribution in [3.8, 4) is 0 Å². The number of carbonyl (C=O) groups excluding carboxylic acids is 1. The second-order valence-corrected chi connectivity index (χ2v) is 5.93. The molecule has 0 saturated heterocycles. The number of benzene rings is 1. The molecule has 100 valence electrons. The van der Waals surface area contributed by atoms with Crippen LogP contribution in [0.1, 0.15) is 56.8 Å². The molecule has 1 nitrogen and oxygen atoms in total. The molecule has 0 spiro atoms. The summed E-state index contributed by atoms with van der Waals surface area (Å²) in [5, 5.41) is 0. The second kappa shape index (κ2) is 8.36. The van der Waals surface area contributed by atoms with Crippen molar-refractivity contribution in [2.24, 2.45) is 5.92 Å². The van der Waals surface area contributed by atoms with E-state index in [0.717, 1.165) is 37.0 Å². The van der Waals surface area contributed by atoms with Crippen LogP contribution in [0.5, 0.6) is 0 Å². The van der Waals surface area contributed by atoms with Gasteiger partial charge in [0.1, 0.15) is 0 Å². The molecule has 0 saturated carbocycles. The van der Waals surface area contributed by atoms with Crippen LogP contribution in [0.15, 0.2) is 29.2 Å². The quantitative estimate of drug-likeness (QED) is 0.474. The maximum Gasteiger partial charge on any atom is 0.165 e. The first-order valence-corrected chi connectivity index (χ1v) is 7.98. The van der Waals surface area contributed by atoms with Crippen molar-refractivity contribution in [1.82, 2.24) is 0 Å². The van der Waals surface area contributed by atoms with Crippen molar-refractivity contribution < 1.29 is 4.79 Å². The average Bonchev–Trinajstić information content (AvgIpc) is 2.39. The summed E-state index contributed by atoms with van der Waals surface area (Å²) >= 11 is 1.81. The number of thioether (sulfide) groups is 1. The third kappa shape index (κ3) is 4.49. The normalized spacial score (nSPS) is 10.9. The van der Waals surface area contributed by atoms with E-state index in [2.05, 4.69) is 32.9 Å².